The van der Waals surface area contributed by atoms with E-state index >= 15 is 0 Å². The Morgan fingerprint density at radius 2 is 0.671 bits per heavy atom. The molecule has 4 aromatic carbocycles. The maximum Gasteiger partial charge on any atom is 0.435 e. The Morgan fingerprint density at radius 3 is 1.06 bits per heavy atom. The maximum atomic E-state index is 14.0. The van der Waals surface area contributed by atoms with Gasteiger partial charge in [0.25, 0.3) is 0 Å². The fourth-order valence-corrected chi connectivity index (χ4v) is 15.1. The predicted octanol–water partition coefficient (Wildman–Crippen LogP) is 22.2. The van der Waals surface area contributed by atoms with E-state index in [1.54, 1.807) is 156 Å². The van der Waals surface area contributed by atoms with E-state index < -0.39 is 47.5 Å². The summed E-state index contributed by atoms with van der Waals surface area (Å²) in [4.78, 5) is 72.2. The zero-order valence-electron chi connectivity index (χ0n) is 76.2. The topological polar surface area (TPSA) is 351 Å². The molecule has 0 fully saturated rings. The van der Waals surface area contributed by atoms with E-state index in [1.165, 1.54) is 123 Å². The molecule has 0 aliphatic carbocycles. The monoisotopic (exact) mass is 1990 g/mol. The van der Waals surface area contributed by atoms with E-state index in [4.69, 9.17) is 33.7 Å². The minimum atomic E-state index is -4.65. The van der Waals surface area contributed by atoms with Gasteiger partial charge in [-0.2, -0.15) is 52.7 Å². The maximum absolute atomic E-state index is 14.0. The van der Waals surface area contributed by atoms with Crippen molar-refractivity contribution in [1.82, 2.24) is 107 Å². The lowest BCUT2D eigenvalue weighted by atomic mass is 10.1. The van der Waals surface area contributed by atoms with E-state index in [0.29, 0.717) is 117 Å². The summed E-state index contributed by atoms with van der Waals surface area (Å²) in [6.07, 6.45) is -0.800. The lowest BCUT2D eigenvalue weighted by Gasteiger charge is -2.19. The van der Waals surface area contributed by atoms with Crippen LogP contribution in [0.4, 0.5) is 120 Å². The molecule has 19 heterocycles. The molecule has 0 amide bonds. The first kappa shape index (κ1) is 95.8. The Kier molecular flexibility index (Phi) is 26.7. The van der Waals surface area contributed by atoms with Crippen molar-refractivity contribution in [3.05, 3.63) is 339 Å². The van der Waals surface area contributed by atoms with Crippen LogP contribution in [0.3, 0.4) is 0 Å². The summed E-state index contributed by atoms with van der Waals surface area (Å²) < 4.78 is 210. The van der Waals surface area contributed by atoms with Gasteiger partial charge in [-0.1, -0.05) is 72.3 Å². The van der Waals surface area contributed by atoms with Crippen molar-refractivity contribution < 1.29 is 80.8 Å². The second-order valence-corrected chi connectivity index (χ2v) is 31.8. The van der Waals surface area contributed by atoms with Gasteiger partial charge in [-0.3, -0.25) is 22.0 Å². The van der Waals surface area contributed by atoms with Crippen molar-refractivity contribution in [3.63, 3.8) is 0 Å². The quantitative estimate of drug-likeness (QED) is 0.0498. The number of aromatic nitrogens is 22. The van der Waals surface area contributed by atoms with Crippen LogP contribution in [0, 0.1) is 12.7 Å². The van der Waals surface area contributed by atoms with Crippen LogP contribution >= 0.6 is 0 Å². The fourth-order valence-electron chi connectivity index (χ4n) is 15.1. The number of pyridine rings is 7. The molecule has 2 aliphatic heterocycles. The summed E-state index contributed by atoms with van der Waals surface area (Å²) in [5, 5.41) is 15.4. The predicted molar refractivity (Wildman–Crippen MR) is 513 cm³/mol. The molecule has 23 rings (SSSR count). The minimum absolute atomic E-state index is 0.0844. The van der Waals surface area contributed by atoms with Crippen LogP contribution in [-0.4, -0.2) is 148 Å². The van der Waals surface area contributed by atoms with Gasteiger partial charge in [0.15, 0.2) is 74.9 Å². The second kappa shape index (κ2) is 40.6. The number of alkyl halides is 12. The third-order valence-electron chi connectivity index (χ3n) is 21.6. The molecule has 0 atom stereocenters. The summed E-state index contributed by atoms with van der Waals surface area (Å²) in [6.45, 7) is 3.12. The molecule has 0 radical (unpaired) electrons. The van der Waals surface area contributed by atoms with E-state index in [9.17, 15) is 57.1 Å². The van der Waals surface area contributed by atoms with Gasteiger partial charge >= 0.3 is 24.7 Å². The number of imidazole rings is 5. The normalized spacial score (nSPS) is 12.1. The first-order valence-corrected chi connectivity index (χ1v) is 43.9. The molecule has 0 spiro atoms. The second-order valence-electron chi connectivity index (χ2n) is 31.8. The van der Waals surface area contributed by atoms with E-state index in [1.807, 2.05) is 86.6 Å². The molecule has 5 N–H and O–H groups in total. The Bertz CT molecular complexity index is 8300. The highest BCUT2D eigenvalue weighted by Gasteiger charge is 2.43. The van der Waals surface area contributed by atoms with Gasteiger partial charge in [-0.05, 0) is 153 Å². The van der Waals surface area contributed by atoms with Crippen molar-refractivity contribution in [2.45, 2.75) is 31.6 Å². The minimum Gasteiger partial charge on any atom is -0.486 e. The SMILES string of the molecule is CN(C)c1ccc(Nc2ccnc(-c3c(C(F)(F)F)nc4ccccn34)n2)cn1.COc1ccc(Nc2ccnc(-c3c(C(F)(F)F)nc4ccccn34)n2)cn1.Cc1ccc(Nc2ccnc(-c3c(-c4ccccc4)nc4ccc(F)cn34)n2)cc1.FC(F)(F)c1nc2ccccn2c1-c1nccc(Nc2ccc3c(c2)OCCO3)n1.FC(F)(F)c1nc2ccccn2c1-c1nccc(Nc2ccc3c(c2)OCO3)n1. The van der Waals surface area contributed by atoms with Gasteiger partial charge in [0.1, 0.15) is 116 Å². The first-order valence-electron chi connectivity index (χ1n) is 43.9. The zero-order chi connectivity index (χ0) is 102. The van der Waals surface area contributed by atoms with Gasteiger partial charge in [-0.15, -0.1) is 0 Å². The smallest absolute Gasteiger partial charge is 0.435 e. The molecule has 46 heteroatoms. The molecule has 2 aliphatic rings. The number of hydrogen-bond donors (Lipinski definition) is 5. The molecule has 33 nitrogen and oxygen atoms in total. The molecule has 0 unspecified atom stereocenters. The van der Waals surface area contributed by atoms with Crippen LogP contribution in [0.1, 0.15) is 28.3 Å². The van der Waals surface area contributed by atoms with Crippen LogP contribution in [0.2, 0.25) is 0 Å². The molecular weight excluding hydrogens is 1920 g/mol. The summed E-state index contributed by atoms with van der Waals surface area (Å²) in [6, 6.07) is 65.3. The standard InChI is InChI=1S/C24H18FN5.C20H14F3N5O2.C19H16F3N7.C19H12F3N5O2.C18H13F3N6O/c1-16-7-10-19(11-8-16)27-20-13-14-26-24(28-20)23-22(17-5-3-2-4-6-17)29-21-12-9-18(25)15-30(21)23;21-20(22,23)18-17(28-8-2-1-3-16(28)27-18)19-24-7-6-15(26-19)25-12-4-5-13-14(11-12)30-10-9-29-13;1-28(2)14-7-6-12(11-24-14)25-13-8-9-23-18(26-13)16-17(19(20,21)22)27-15-5-3-4-10-29(15)16;20-19(21,22)17-16(27-8-2-1-3-15(27)26-17)18-23-7-6-14(25-18)24-11-4-5-12-13(9-11)29-10-28-12;1-28-14-6-5-11(10-23-14)24-12-7-8-22-17(25-12)15-16(18(19,20)21)26-13-4-2-3-9-27(13)15/h2-15H,1H3,(H,26,27,28);1-8,11H,9-10H2,(H,24,25,26);3-11H,1-2H3,(H,23,25,26);1-9H,10H2,(H,23,24,25);2-10H,1H3,(H,22,24,25). The third-order valence-corrected chi connectivity index (χ3v) is 21.6. The number of hydrogen-bond acceptors (Lipinski definition) is 28. The summed E-state index contributed by atoms with van der Waals surface area (Å²) in [7, 11) is 5.25. The van der Waals surface area contributed by atoms with E-state index in [0.717, 1.165) is 17.1 Å². The van der Waals surface area contributed by atoms with Gasteiger partial charge in [0, 0.05) is 117 Å². The lowest BCUT2D eigenvalue weighted by molar-refractivity contribution is -0.141. The molecule has 17 aromatic heterocycles. The van der Waals surface area contributed by atoms with Gasteiger partial charge in [0.2, 0.25) is 12.7 Å². The number of rotatable bonds is 18. The third kappa shape index (κ3) is 21.5. The van der Waals surface area contributed by atoms with Gasteiger partial charge in [-0.25, -0.2) is 89.1 Å². The highest BCUT2D eigenvalue weighted by molar-refractivity contribution is 5.80. The van der Waals surface area contributed by atoms with Crippen molar-refractivity contribution >= 4 is 91.6 Å². The molecular formula is C100H73F13N28O5. The number of nitrogens with zero attached hydrogens (tertiary/aromatic N) is 23. The number of aryl methyl sites for hydroxylation is 1. The van der Waals surface area contributed by atoms with Crippen LogP contribution in [-0.2, 0) is 24.7 Å². The highest BCUT2D eigenvalue weighted by Crippen LogP contribution is 2.44. The average molecular weight is 1990 g/mol. The van der Waals surface area contributed by atoms with E-state index in [2.05, 4.69) is 101 Å². The number of anilines is 11. The van der Waals surface area contributed by atoms with Crippen LogP contribution in [0.15, 0.2) is 305 Å². The number of methoxy groups -OCH3 is 1. The molecule has 21 aromatic rings. The van der Waals surface area contributed by atoms with Crippen molar-refractivity contribution in [2.75, 3.05) is 72.7 Å². The number of ether oxygens (including phenoxy) is 5. The van der Waals surface area contributed by atoms with Crippen molar-refractivity contribution in [3.8, 4) is 97.7 Å². The number of benzene rings is 4. The van der Waals surface area contributed by atoms with Crippen LogP contribution < -0.4 is 55.2 Å². The lowest BCUT2D eigenvalue weighted by Crippen LogP contribution is -2.15. The molecule has 0 saturated carbocycles. The van der Waals surface area contributed by atoms with Crippen molar-refractivity contribution in [1.29, 1.82) is 0 Å². The molecule has 0 bridgehead atoms. The number of halogens is 13. The Morgan fingerprint density at radius 1 is 0.322 bits per heavy atom. The van der Waals surface area contributed by atoms with Crippen molar-refractivity contribution in [2.24, 2.45) is 0 Å². The Labute approximate surface area is 816 Å². The van der Waals surface area contributed by atoms with Crippen LogP contribution in [0.5, 0.6) is 28.9 Å². The molecule has 0 saturated heterocycles. The molecule has 734 valence electrons. The van der Waals surface area contributed by atoms with Gasteiger partial charge in [0.05, 0.1) is 30.9 Å². The molecule has 146 heavy (non-hydrogen) atoms. The summed E-state index contributed by atoms with van der Waals surface area (Å²) >= 11 is 0. The number of nitrogens with one attached hydrogen (secondary N) is 5. The zero-order valence-corrected chi connectivity index (χ0v) is 76.2. The Hall–Kier alpha value is -19.1. The Balaban J connectivity index is 0.000000115. The highest BCUT2D eigenvalue weighted by atomic mass is 19.4. The van der Waals surface area contributed by atoms with Crippen LogP contribution in [0.25, 0.3) is 97.1 Å². The fraction of sp³-hybridized carbons (Fsp3) is 0.110. The summed E-state index contributed by atoms with van der Waals surface area (Å²) in [5.74, 6) is 5.33. The van der Waals surface area contributed by atoms with E-state index in [-0.39, 0.29) is 81.3 Å². The summed E-state index contributed by atoms with van der Waals surface area (Å²) in [5.41, 5.74) is 3.17. The largest absolute Gasteiger partial charge is 0.486 e. The van der Waals surface area contributed by atoms with Gasteiger partial charge < -0.3 is 55.2 Å². The average Bonchev–Trinajstić information content (AvgIpc) is 1.58. The first-order chi connectivity index (χ1) is 70.4. The number of fused-ring (bicyclic) bond motifs is 7.